The normalized spacial score (nSPS) is 10.4. The summed E-state index contributed by atoms with van der Waals surface area (Å²) in [6.45, 7) is 2.07. The quantitative estimate of drug-likeness (QED) is 0.591. The summed E-state index contributed by atoms with van der Waals surface area (Å²) in [5.41, 5.74) is 2.40. The molecule has 0 aliphatic rings. The van der Waals surface area contributed by atoms with Crippen molar-refractivity contribution in [2.75, 3.05) is 5.88 Å². The number of rotatable bonds is 3. The lowest BCUT2D eigenvalue weighted by Gasteiger charge is -2.01. The number of Topliss-reactive ketones (excluding diaryl/α,β-unsaturated/α-hetero) is 1. The first kappa shape index (κ1) is 11.4. The molecule has 2 aromatic rings. The molecule has 3 heteroatoms. The van der Waals surface area contributed by atoms with Gasteiger partial charge in [-0.2, -0.15) is 0 Å². The van der Waals surface area contributed by atoms with E-state index in [2.05, 4.69) is 19.1 Å². The smallest absolute Gasteiger partial charge is 0.187 e. The fourth-order valence-electron chi connectivity index (χ4n) is 1.55. The third kappa shape index (κ3) is 2.18. The summed E-state index contributed by atoms with van der Waals surface area (Å²) < 4.78 is 0. The molecule has 0 saturated heterocycles. The maximum atomic E-state index is 11.4. The molecule has 1 nitrogen and oxygen atoms in total. The van der Waals surface area contributed by atoms with Crippen LogP contribution in [0.1, 0.15) is 15.2 Å². The van der Waals surface area contributed by atoms with Gasteiger partial charge in [0.25, 0.3) is 0 Å². The van der Waals surface area contributed by atoms with E-state index in [0.717, 1.165) is 9.75 Å². The molecule has 82 valence electrons. The number of carbonyl (C=O) groups is 1. The van der Waals surface area contributed by atoms with E-state index in [0.29, 0.717) is 0 Å². The fourth-order valence-corrected chi connectivity index (χ4v) is 2.80. The van der Waals surface area contributed by atoms with Gasteiger partial charge in [0, 0.05) is 4.88 Å². The van der Waals surface area contributed by atoms with Gasteiger partial charge in [-0.15, -0.1) is 22.9 Å². The summed E-state index contributed by atoms with van der Waals surface area (Å²) >= 11 is 7.03. The second-order valence-electron chi connectivity index (χ2n) is 3.54. The Morgan fingerprint density at radius 3 is 2.69 bits per heavy atom. The number of alkyl halides is 1. The number of carbonyl (C=O) groups excluding carboxylic acids is 1. The van der Waals surface area contributed by atoms with Gasteiger partial charge in [-0.1, -0.05) is 24.3 Å². The van der Waals surface area contributed by atoms with Crippen LogP contribution in [0.25, 0.3) is 10.4 Å². The molecule has 16 heavy (non-hydrogen) atoms. The number of benzene rings is 1. The minimum absolute atomic E-state index is 0.00787. The Hall–Kier alpha value is -1.12. The molecule has 2 rings (SSSR count). The molecule has 0 N–H and O–H groups in total. The van der Waals surface area contributed by atoms with Gasteiger partial charge < -0.3 is 0 Å². The van der Waals surface area contributed by atoms with Gasteiger partial charge in [0.2, 0.25) is 0 Å². The van der Waals surface area contributed by atoms with E-state index in [-0.39, 0.29) is 11.7 Å². The largest absolute Gasteiger partial charge is 0.292 e. The Bertz CT molecular complexity index is 516. The third-order valence-electron chi connectivity index (χ3n) is 2.41. The summed E-state index contributed by atoms with van der Waals surface area (Å²) in [7, 11) is 0. The SMILES string of the molecule is Cc1ccccc1-c1ccc(C(=O)CCl)s1. The highest BCUT2D eigenvalue weighted by Crippen LogP contribution is 2.30. The zero-order valence-electron chi connectivity index (χ0n) is 8.87. The van der Waals surface area contributed by atoms with Crippen LogP contribution in [0.5, 0.6) is 0 Å². The van der Waals surface area contributed by atoms with E-state index in [1.807, 2.05) is 24.3 Å². The van der Waals surface area contributed by atoms with E-state index in [4.69, 9.17) is 11.6 Å². The van der Waals surface area contributed by atoms with Crippen molar-refractivity contribution >= 4 is 28.7 Å². The van der Waals surface area contributed by atoms with Crippen molar-refractivity contribution in [1.29, 1.82) is 0 Å². The molecule has 0 saturated carbocycles. The number of thiophene rings is 1. The molecule has 1 aromatic heterocycles. The highest BCUT2D eigenvalue weighted by atomic mass is 35.5. The van der Waals surface area contributed by atoms with Crippen LogP contribution in [0.4, 0.5) is 0 Å². The molecule has 0 unspecified atom stereocenters. The first-order valence-electron chi connectivity index (χ1n) is 4.97. The summed E-state index contributed by atoms with van der Waals surface area (Å²) in [4.78, 5) is 13.3. The standard InChI is InChI=1S/C13H11ClOS/c1-9-4-2-3-5-10(9)12-6-7-13(16-12)11(15)8-14/h2-7H,8H2,1H3. The monoisotopic (exact) mass is 250 g/mol. The molecule has 1 aromatic carbocycles. The Balaban J connectivity index is 2.39. The maximum absolute atomic E-state index is 11.4. The molecule has 0 fully saturated rings. The first-order chi connectivity index (χ1) is 7.72. The van der Waals surface area contributed by atoms with Crippen molar-refractivity contribution in [3.63, 3.8) is 0 Å². The highest BCUT2D eigenvalue weighted by molar-refractivity contribution is 7.17. The van der Waals surface area contributed by atoms with E-state index >= 15 is 0 Å². The summed E-state index contributed by atoms with van der Waals surface area (Å²) in [5.74, 6) is 0.0415. The van der Waals surface area contributed by atoms with Crippen LogP contribution in [0, 0.1) is 6.92 Å². The van der Waals surface area contributed by atoms with Gasteiger partial charge in [0.15, 0.2) is 5.78 Å². The minimum Gasteiger partial charge on any atom is -0.292 e. The van der Waals surface area contributed by atoms with Crippen LogP contribution in [0.15, 0.2) is 36.4 Å². The number of aryl methyl sites for hydroxylation is 1. The van der Waals surface area contributed by atoms with Crippen LogP contribution in [0.3, 0.4) is 0 Å². The number of hydrogen-bond acceptors (Lipinski definition) is 2. The van der Waals surface area contributed by atoms with Crippen LogP contribution >= 0.6 is 22.9 Å². The molecular formula is C13H11ClOS. The lowest BCUT2D eigenvalue weighted by atomic mass is 10.1. The van der Waals surface area contributed by atoms with Crippen molar-refractivity contribution in [2.24, 2.45) is 0 Å². The summed E-state index contributed by atoms with van der Waals surface area (Å²) in [6, 6.07) is 12.0. The Morgan fingerprint density at radius 2 is 2.00 bits per heavy atom. The van der Waals surface area contributed by atoms with E-state index in [1.54, 1.807) is 0 Å². The molecule has 0 radical (unpaired) electrons. The van der Waals surface area contributed by atoms with Crippen LogP contribution in [0.2, 0.25) is 0 Å². The van der Waals surface area contributed by atoms with Crippen molar-refractivity contribution in [3.8, 4) is 10.4 Å². The number of halogens is 1. The maximum Gasteiger partial charge on any atom is 0.187 e. The minimum atomic E-state index is -0.00787. The Kier molecular flexibility index (Phi) is 3.42. The topological polar surface area (TPSA) is 17.1 Å². The Labute approximate surface area is 104 Å². The first-order valence-corrected chi connectivity index (χ1v) is 6.32. The van der Waals surface area contributed by atoms with Crippen LogP contribution in [-0.2, 0) is 0 Å². The number of ketones is 1. The zero-order valence-corrected chi connectivity index (χ0v) is 10.4. The van der Waals surface area contributed by atoms with Gasteiger partial charge in [-0.25, -0.2) is 0 Å². The van der Waals surface area contributed by atoms with Gasteiger partial charge >= 0.3 is 0 Å². The number of hydrogen-bond donors (Lipinski definition) is 0. The van der Waals surface area contributed by atoms with Gasteiger partial charge in [-0.3, -0.25) is 4.79 Å². The van der Waals surface area contributed by atoms with Crippen LogP contribution < -0.4 is 0 Å². The third-order valence-corrected chi connectivity index (χ3v) is 3.82. The van der Waals surface area contributed by atoms with Gasteiger partial charge in [-0.05, 0) is 30.2 Å². The Morgan fingerprint density at radius 1 is 1.25 bits per heavy atom. The summed E-state index contributed by atoms with van der Waals surface area (Å²) in [6.07, 6.45) is 0. The predicted octanol–water partition coefficient (Wildman–Crippen LogP) is 4.15. The van der Waals surface area contributed by atoms with Crippen LogP contribution in [-0.4, -0.2) is 11.7 Å². The molecule has 0 amide bonds. The highest BCUT2D eigenvalue weighted by Gasteiger charge is 2.09. The average Bonchev–Trinajstić information content (AvgIpc) is 2.78. The fraction of sp³-hybridized carbons (Fsp3) is 0.154. The molecule has 0 aliphatic heterocycles. The van der Waals surface area contributed by atoms with Crippen molar-refractivity contribution in [3.05, 3.63) is 46.8 Å². The molecule has 0 spiro atoms. The molecule has 0 aliphatic carbocycles. The molecule has 0 bridgehead atoms. The second kappa shape index (κ2) is 4.81. The average molecular weight is 251 g/mol. The van der Waals surface area contributed by atoms with Gasteiger partial charge in [0.05, 0.1) is 10.8 Å². The molecule has 0 atom stereocenters. The van der Waals surface area contributed by atoms with Crippen molar-refractivity contribution < 1.29 is 4.79 Å². The predicted molar refractivity (Wildman–Crippen MR) is 69.5 cm³/mol. The van der Waals surface area contributed by atoms with Gasteiger partial charge in [0.1, 0.15) is 0 Å². The second-order valence-corrected chi connectivity index (χ2v) is 4.89. The van der Waals surface area contributed by atoms with E-state index < -0.39 is 0 Å². The van der Waals surface area contributed by atoms with Crippen molar-refractivity contribution in [2.45, 2.75) is 6.92 Å². The molecular weight excluding hydrogens is 240 g/mol. The molecule has 1 heterocycles. The van der Waals surface area contributed by atoms with Crippen molar-refractivity contribution in [1.82, 2.24) is 0 Å². The van der Waals surface area contributed by atoms with E-state index in [1.165, 1.54) is 22.5 Å². The lowest BCUT2D eigenvalue weighted by molar-refractivity contribution is 0.102. The van der Waals surface area contributed by atoms with E-state index in [9.17, 15) is 4.79 Å². The summed E-state index contributed by atoms with van der Waals surface area (Å²) in [5, 5.41) is 0. The lowest BCUT2D eigenvalue weighted by Crippen LogP contribution is -1.95. The zero-order chi connectivity index (χ0) is 11.5.